The first-order chi connectivity index (χ1) is 14.9. The van der Waals surface area contributed by atoms with E-state index in [4.69, 9.17) is 11.6 Å². The number of urea groups is 1. The number of amides is 4. The van der Waals surface area contributed by atoms with E-state index in [2.05, 4.69) is 5.32 Å². The molecule has 7 nitrogen and oxygen atoms in total. The van der Waals surface area contributed by atoms with Crippen molar-refractivity contribution in [3.05, 3.63) is 82.0 Å². The molecule has 2 aromatic rings. The zero-order chi connectivity index (χ0) is 22.1. The Labute approximate surface area is 185 Å². The van der Waals surface area contributed by atoms with Crippen LogP contribution in [-0.4, -0.2) is 59.7 Å². The normalized spacial score (nSPS) is 18.2. The average molecular weight is 439 g/mol. The molecule has 0 aliphatic carbocycles. The van der Waals surface area contributed by atoms with E-state index in [-0.39, 0.29) is 30.9 Å². The molecule has 4 amide bonds. The van der Waals surface area contributed by atoms with Crippen LogP contribution in [-0.2, 0) is 16.1 Å². The third-order valence-corrected chi connectivity index (χ3v) is 6.01. The fraction of sp³-hybridized carbons (Fsp3) is 0.261. The lowest BCUT2D eigenvalue weighted by atomic mass is 9.96. The zero-order valence-electron chi connectivity index (χ0n) is 17.3. The summed E-state index contributed by atoms with van der Waals surface area (Å²) in [4.78, 5) is 43.1. The monoisotopic (exact) mass is 438 g/mol. The molecule has 2 aliphatic rings. The summed E-state index contributed by atoms with van der Waals surface area (Å²) < 4.78 is 0. The molecule has 0 radical (unpaired) electrons. The van der Waals surface area contributed by atoms with Crippen molar-refractivity contribution in [1.82, 2.24) is 20.0 Å². The summed E-state index contributed by atoms with van der Waals surface area (Å²) in [6.07, 6.45) is 0. The molecule has 31 heavy (non-hydrogen) atoms. The number of carbonyl (C=O) groups excluding carboxylic acids is 3. The van der Waals surface area contributed by atoms with Crippen molar-refractivity contribution >= 4 is 29.4 Å². The van der Waals surface area contributed by atoms with Gasteiger partial charge in [0.15, 0.2) is 0 Å². The van der Waals surface area contributed by atoms with Crippen molar-refractivity contribution in [3.8, 4) is 0 Å². The van der Waals surface area contributed by atoms with E-state index >= 15 is 0 Å². The first-order valence-electron chi connectivity index (χ1n) is 9.95. The van der Waals surface area contributed by atoms with Crippen LogP contribution in [0.2, 0.25) is 5.02 Å². The maximum absolute atomic E-state index is 13.3. The van der Waals surface area contributed by atoms with Gasteiger partial charge in [-0.25, -0.2) is 4.79 Å². The Morgan fingerprint density at radius 1 is 1.13 bits per heavy atom. The maximum atomic E-state index is 13.3. The topological polar surface area (TPSA) is 73.0 Å². The molecule has 160 valence electrons. The highest BCUT2D eigenvalue weighted by molar-refractivity contribution is 6.31. The van der Waals surface area contributed by atoms with Crippen molar-refractivity contribution in [2.75, 3.05) is 27.2 Å². The number of benzene rings is 2. The minimum Gasteiger partial charge on any atom is -0.340 e. The highest BCUT2D eigenvalue weighted by Crippen LogP contribution is 2.37. The molecular weight excluding hydrogens is 416 g/mol. The van der Waals surface area contributed by atoms with E-state index in [1.165, 1.54) is 9.80 Å². The van der Waals surface area contributed by atoms with E-state index < -0.39 is 6.04 Å². The van der Waals surface area contributed by atoms with Crippen LogP contribution in [0.25, 0.3) is 0 Å². The molecule has 0 saturated heterocycles. The fourth-order valence-corrected chi connectivity index (χ4v) is 4.17. The third kappa shape index (κ3) is 4.01. The maximum Gasteiger partial charge on any atom is 0.322 e. The van der Waals surface area contributed by atoms with Gasteiger partial charge < -0.3 is 15.1 Å². The largest absolute Gasteiger partial charge is 0.340 e. The molecule has 0 unspecified atom stereocenters. The van der Waals surface area contributed by atoms with Gasteiger partial charge in [0.05, 0.1) is 23.9 Å². The van der Waals surface area contributed by atoms with Gasteiger partial charge in [0, 0.05) is 25.7 Å². The van der Waals surface area contributed by atoms with Crippen molar-refractivity contribution in [2.24, 2.45) is 0 Å². The summed E-state index contributed by atoms with van der Waals surface area (Å²) in [6, 6.07) is 15.8. The summed E-state index contributed by atoms with van der Waals surface area (Å²) in [5.74, 6) is -0.443. The SMILES string of the molecule is CN(Cc1ccccc1)C(=O)CN1CC2=C(C1=O)[C@H](c1ccccc1Cl)NC(=O)N2C. The quantitative estimate of drug-likeness (QED) is 0.780. The molecule has 2 aliphatic heterocycles. The molecule has 8 heteroatoms. The summed E-state index contributed by atoms with van der Waals surface area (Å²) in [5, 5.41) is 3.32. The van der Waals surface area contributed by atoms with Crippen LogP contribution < -0.4 is 5.32 Å². The highest BCUT2D eigenvalue weighted by atomic mass is 35.5. The summed E-state index contributed by atoms with van der Waals surface area (Å²) in [7, 11) is 3.33. The van der Waals surface area contributed by atoms with Crippen LogP contribution in [0.3, 0.4) is 0 Å². The lowest BCUT2D eigenvalue weighted by Gasteiger charge is -2.31. The second kappa shape index (κ2) is 8.43. The van der Waals surface area contributed by atoms with Gasteiger partial charge in [-0.15, -0.1) is 0 Å². The molecule has 0 spiro atoms. The number of likely N-dealkylation sites (N-methyl/N-ethyl adjacent to an activating group) is 2. The van der Waals surface area contributed by atoms with E-state index in [0.29, 0.717) is 28.4 Å². The molecule has 1 N–H and O–H groups in total. The minimum atomic E-state index is -0.651. The first-order valence-corrected chi connectivity index (χ1v) is 10.3. The van der Waals surface area contributed by atoms with Crippen molar-refractivity contribution in [1.29, 1.82) is 0 Å². The zero-order valence-corrected chi connectivity index (χ0v) is 18.1. The number of nitrogens with one attached hydrogen (secondary N) is 1. The molecule has 1 atom stereocenters. The van der Waals surface area contributed by atoms with Gasteiger partial charge in [-0.3, -0.25) is 14.5 Å². The van der Waals surface area contributed by atoms with Crippen LogP contribution in [0.15, 0.2) is 65.9 Å². The third-order valence-electron chi connectivity index (χ3n) is 5.67. The Balaban J connectivity index is 1.53. The van der Waals surface area contributed by atoms with E-state index in [9.17, 15) is 14.4 Å². The van der Waals surface area contributed by atoms with E-state index in [1.54, 1.807) is 37.2 Å². The Morgan fingerprint density at radius 2 is 1.81 bits per heavy atom. The number of carbonyl (C=O) groups is 3. The molecule has 0 aromatic heterocycles. The van der Waals surface area contributed by atoms with Gasteiger partial charge in [-0.2, -0.15) is 0 Å². The number of hydrogen-bond donors (Lipinski definition) is 1. The number of halogens is 1. The lowest BCUT2D eigenvalue weighted by molar-refractivity contribution is -0.137. The first kappa shape index (κ1) is 20.9. The number of hydrogen-bond acceptors (Lipinski definition) is 3. The second-order valence-corrected chi connectivity index (χ2v) is 8.13. The summed E-state index contributed by atoms with van der Waals surface area (Å²) in [5.41, 5.74) is 2.71. The highest BCUT2D eigenvalue weighted by Gasteiger charge is 2.43. The predicted molar refractivity (Wildman–Crippen MR) is 117 cm³/mol. The van der Waals surface area contributed by atoms with Crippen molar-refractivity contribution in [3.63, 3.8) is 0 Å². The van der Waals surface area contributed by atoms with E-state index in [1.807, 2.05) is 36.4 Å². The molecule has 4 rings (SSSR count). The smallest absolute Gasteiger partial charge is 0.322 e. The molecule has 2 aromatic carbocycles. The van der Waals surface area contributed by atoms with Gasteiger partial charge in [0.2, 0.25) is 5.91 Å². The minimum absolute atomic E-state index is 0.0631. The summed E-state index contributed by atoms with van der Waals surface area (Å²) in [6.45, 7) is 0.591. The van der Waals surface area contributed by atoms with Crippen LogP contribution in [0.1, 0.15) is 17.2 Å². The van der Waals surface area contributed by atoms with Gasteiger partial charge in [0.1, 0.15) is 6.54 Å². The Morgan fingerprint density at radius 3 is 2.52 bits per heavy atom. The Hall–Kier alpha value is -3.32. The van der Waals surface area contributed by atoms with Crippen LogP contribution in [0.5, 0.6) is 0 Å². The van der Waals surface area contributed by atoms with Gasteiger partial charge in [-0.05, 0) is 17.2 Å². The molecule has 2 heterocycles. The molecule has 0 saturated carbocycles. The fourth-order valence-electron chi connectivity index (χ4n) is 3.92. The van der Waals surface area contributed by atoms with Crippen LogP contribution in [0.4, 0.5) is 4.79 Å². The van der Waals surface area contributed by atoms with Crippen molar-refractivity contribution < 1.29 is 14.4 Å². The molecule has 0 bridgehead atoms. The van der Waals surface area contributed by atoms with Gasteiger partial charge in [0.25, 0.3) is 5.91 Å². The van der Waals surface area contributed by atoms with E-state index in [0.717, 1.165) is 5.56 Å². The molecule has 0 fully saturated rings. The summed E-state index contributed by atoms with van der Waals surface area (Å²) >= 11 is 6.35. The number of nitrogens with zero attached hydrogens (tertiary/aromatic N) is 3. The lowest BCUT2D eigenvalue weighted by Crippen LogP contribution is -2.45. The van der Waals surface area contributed by atoms with Crippen LogP contribution in [0, 0.1) is 0 Å². The predicted octanol–water partition coefficient (Wildman–Crippen LogP) is 2.79. The standard InChI is InChI=1S/C23H23ClN4O3/c1-26(12-15-8-4-3-5-9-15)19(29)14-28-13-18-20(22(28)30)21(25-23(31)27(18)2)16-10-6-7-11-17(16)24/h3-11,21H,12-14H2,1-2H3,(H,25,31)/t21-/m0/s1. The average Bonchev–Trinajstić information content (AvgIpc) is 3.08. The Kier molecular flexibility index (Phi) is 5.69. The number of rotatable bonds is 5. The van der Waals surface area contributed by atoms with Gasteiger partial charge in [-0.1, -0.05) is 60.1 Å². The van der Waals surface area contributed by atoms with Crippen molar-refractivity contribution in [2.45, 2.75) is 12.6 Å². The van der Waals surface area contributed by atoms with Crippen LogP contribution >= 0.6 is 11.6 Å². The van der Waals surface area contributed by atoms with Gasteiger partial charge >= 0.3 is 6.03 Å². The second-order valence-electron chi connectivity index (χ2n) is 7.72. The Bertz CT molecular complexity index is 1070. The molecular formula is C23H23ClN4O3.